The molecule has 0 radical (unpaired) electrons. The SMILES string of the molecule is COc1ccc(C[NH+](C)CC(=O)NC(=O)NCc2ccco2)cc1OC. The van der Waals surface area contributed by atoms with Crippen molar-refractivity contribution in [2.45, 2.75) is 13.1 Å². The van der Waals surface area contributed by atoms with E-state index in [1.165, 1.54) is 6.26 Å². The Bertz CT molecular complexity index is 730. The van der Waals surface area contributed by atoms with E-state index in [1.54, 1.807) is 26.4 Å². The van der Waals surface area contributed by atoms with E-state index in [2.05, 4.69) is 10.6 Å². The Morgan fingerprint density at radius 3 is 2.58 bits per heavy atom. The van der Waals surface area contributed by atoms with Gasteiger partial charge in [-0.25, -0.2) is 4.79 Å². The Hall–Kier alpha value is -3.00. The summed E-state index contributed by atoms with van der Waals surface area (Å²) in [4.78, 5) is 24.6. The summed E-state index contributed by atoms with van der Waals surface area (Å²) >= 11 is 0. The Balaban J connectivity index is 1.78. The molecule has 0 saturated heterocycles. The van der Waals surface area contributed by atoms with Gasteiger partial charge in [0.25, 0.3) is 5.91 Å². The summed E-state index contributed by atoms with van der Waals surface area (Å²) in [5, 5.41) is 4.87. The number of amides is 3. The maximum Gasteiger partial charge on any atom is 0.321 e. The normalized spacial score (nSPS) is 11.5. The maximum atomic E-state index is 12.0. The summed E-state index contributed by atoms with van der Waals surface area (Å²) in [6.45, 7) is 0.977. The number of urea groups is 1. The van der Waals surface area contributed by atoms with Crippen LogP contribution in [0.5, 0.6) is 11.5 Å². The fourth-order valence-corrected chi connectivity index (χ4v) is 2.47. The van der Waals surface area contributed by atoms with Crippen molar-refractivity contribution in [1.29, 1.82) is 0 Å². The Morgan fingerprint density at radius 1 is 1.15 bits per heavy atom. The lowest BCUT2D eigenvalue weighted by Crippen LogP contribution is -3.09. The number of benzene rings is 1. The number of carbonyl (C=O) groups excluding carboxylic acids is 2. The Labute approximate surface area is 152 Å². The van der Waals surface area contributed by atoms with E-state index in [1.807, 2.05) is 25.2 Å². The van der Waals surface area contributed by atoms with E-state index in [4.69, 9.17) is 13.9 Å². The topological polar surface area (TPSA) is 94.2 Å². The molecular formula is C18H24N3O5+. The number of nitrogens with one attached hydrogen (secondary N) is 3. The molecule has 8 heteroatoms. The van der Waals surface area contributed by atoms with Gasteiger partial charge >= 0.3 is 6.03 Å². The molecule has 0 bridgehead atoms. The third-order valence-electron chi connectivity index (χ3n) is 3.67. The third kappa shape index (κ3) is 5.82. The second-order valence-electron chi connectivity index (χ2n) is 5.81. The predicted octanol–water partition coefficient (Wildman–Crippen LogP) is 0.338. The lowest BCUT2D eigenvalue weighted by atomic mass is 10.2. The average Bonchev–Trinajstić information content (AvgIpc) is 3.13. The Morgan fingerprint density at radius 2 is 1.92 bits per heavy atom. The number of likely N-dealkylation sites (N-methyl/N-ethyl adjacent to an activating group) is 1. The molecule has 0 fully saturated rings. The highest BCUT2D eigenvalue weighted by Gasteiger charge is 2.15. The van der Waals surface area contributed by atoms with Crippen LogP contribution in [0.3, 0.4) is 0 Å². The Kier molecular flexibility index (Phi) is 7.04. The van der Waals surface area contributed by atoms with Crippen LogP contribution < -0.4 is 25.0 Å². The summed E-state index contributed by atoms with van der Waals surface area (Å²) in [7, 11) is 5.03. The van der Waals surface area contributed by atoms with Gasteiger partial charge in [-0.2, -0.15) is 0 Å². The van der Waals surface area contributed by atoms with Crippen molar-refractivity contribution in [2.24, 2.45) is 0 Å². The summed E-state index contributed by atoms with van der Waals surface area (Å²) in [6, 6.07) is 8.53. The van der Waals surface area contributed by atoms with Crippen LogP contribution in [0.1, 0.15) is 11.3 Å². The van der Waals surface area contributed by atoms with Crippen molar-refractivity contribution >= 4 is 11.9 Å². The first-order valence-corrected chi connectivity index (χ1v) is 8.14. The summed E-state index contributed by atoms with van der Waals surface area (Å²) in [5.41, 5.74) is 0.996. The molecule has 1 aromatic heterocycles. The number of methoxy groups -OCH3 is 2. The van der Waals surface area contributed by atoms with E-state index in [0.717, 1.165) is 10.5 Å². The summed E-state index contributed by atoms with van der Waals surface area (Å²) in [6.07, 6.45) is 1.52. The highest BCUT2D eigenvalue weighted by atomic mass is 16.5. The molecule has 3 N–H and O–H groups in total. The average molecular weight is 362 g/mol. The van der Waals surface area contributed by atoms with Crippen LogP contribution in [0, 0.1) is 0 Å². The minimum absolute atomic E-state index is 0.155. The molecule has 1 heterocycles. The zero-order chi connectivity index (χ0) is 18.9. The first-order chi connectivity index (χ1) is 12.5. The molecule has 140 valence electrons. The third-order valence-corrected chi connectivity index (χ3v) is 3.67. The lowest BCUT2D eigenvalue weighted by Gasteiger charge is -2.15. The van der Waals surface area contributed by atoms with Crippen LogP contribution >= 0.6 is 0 Å². The van der Waals surface area contributed by atoms with Gasteiger partial charge in [0.1, 0.15) is 12.3 Å². The number of hydrogen-bond acceptors (Lipinski definition) is 5. The van der Waals surface area contributed by atoms with Gasteiger partial charge in [-0.15, -0.1) is 0 Å². The van der Waals surface area contributed by atoms with Crippen molar-refractivity contribution in [3.8, 4) is 11.5 Å². The lowest BCUT2D eigenvalue weighted by molar-refractivity contribution is -0.885. The molecular weight excluding hydrogens is 338 g/mol. The molecule has 0 aliphatic heterocycles. The van der Waals surface area contributed by atoms with E-state index >= 15 is 0 Å². The molecule has 1 unspecified atom stereocenters. The van der Waals surface area contributed by atoms with Crippen molar-refractivity contribution in [3.63, 3.8) is 0 Å². The van der Waals surface area contributed by atoms with E-state index in [-0.39, 0.29) is 19.0 Å². The van der Waals surface area contributed by atoms with Gasteiger partial charge < -0.3 is 24.1 Å². The number of rotatable bonds is 8. The number of ether oxygens (including phenoxy) is 2. The van der Waals surface area contributed by atoms with Crippen molar-refractivity contribution in [3.05, 3.63) is 47.9 Å². The molecule has 8 nitrogen and oxygen atoms in total. The standard InChI is InChI=1S/C18H23N3O5/c1-21(11-13-6-7-15(24-2)16(9-13)25-3)12-17(22)20-18(23)19-10-14-5-4-8-26-14/h4-9H,10-12H2,1-3H3,(H2,19,20,22,23)/p+1. The van der Waals surface area contributed by atoms with Gasteiger partial charge in [-0.3, -0.25) is 10.1 Å². The van der Waals surface area contributed by atoms with Crippen LogP contribution in [-0.4, -0.2) is 39.8 Å². The van der Waals surface area contributed by atoms with E-state index < -0.39 is 6.03 Å². The quantitative estimate of drug-likeness (QED) is 0.630. The van der Waals surface area contributed by atoms with Gasteiger partial charge in [0.2, 0.25) is 0 Å². The van der Waals surface area contributed by atoms with Crippen molar-refractivity contribution in [2.75, 3.05) is 27.8 Å². The van der Waals surface area contributed by atoms with Gasteiger partial charge in [0.15, 0.2) is 18.0 Å². The highest BCUT2D eigenvalue weighted by Crippen LogP contribution is 2.27. The predicted molar refractivity (Wildman–Crippen MR) is 94.1 cm³/mol. The summed E-state index contributed by atoms with van der Waals surface area (Å²) < 4.78 is 15.6. The second-order valence-corrected chi connectivity index (χ2v) is 5.81. The van der Waals surface area contributed by atoms with Gasteiger partial charge in [-0.05, 0) is 30.3 Å². The number of imide groups is 1. The molecule has 2 rings (SSSR count). The van der Waals surface area contributed by atoms with Crippen LogP contribution in [-0.2, 0) is 17.9 Å². The molecule has 0 aliphatic carbocycles. The van der Waals surface area contributed by atoms with Gasteiger partial charge in [0, 0.05) is 5.56 Å². The molecule has 2 aromatic rings. The fourth-order valence-electron chi connectivity index (χ4n) is 2.47. The molecule has 1 aromatic carbocycles. The summed E-state index contributed by atoms with van der Waals surface area (Å²) in [5.74, 6) is 1.54. The van der Waals surface area contributed by atoms with Crippen LogP contribution in [0.25, 0.3) is 0 Å². The number of furan rings is 1. The van der Waals surface area contributed by atoms with E-state index in [9.17, 15) is 9.59 Å². The molecule has 1 atom stereocenters. The monoisotopic (exact) mass is 362 g/mol. The minimum atomic E-state index is -0.551. The van der Waals surface area contributed by atoms with Crippen molar-refractivity contribution < 1.29 is 28.4 Å². The molecule has 26 heavy (non-hydrogen) atoms. The fraction of sp³-hybridized carbons (Fsp3) is 0.333. The molecule has 0 spiro atoms. The van der Waals surface area contributed by atoms with Gasteiger partial charge in [-0.1, -0.05) is 0 Å². The first-order valence-electron chi connectivity index (χ1n) is 8.14. The number of quaternary nitrogens is 1. The molecule has 0 saturated carbocycles. The van der Waals surface area contributed by atoms with E-state index in [0.29, 0.717) is 23.8 Å². The van der Waals surface area contributed by atoms with Crippen LogP contribution in [0.4, 0.5) is 4.79 Å². The first kappa shape index (κ1) is 19.3. The molecule has 0 aliphatic rings. The minimum Gasteiger partial charge on any atom is -0.493 e. The van der Waals surface area contributed by atoms with Crippen LogP contribution in [0.2, 0.25) is 0 Å². The highest BCUT2D eigenvalue weighted by molar-refractivity contribution is 5.94. The zero-order valence-corrected chi connectivity index (χ0v) is 15.1. The van der Waals surface area contributed by atoms with Crippen LogP contribution in [0.15, 0.2) is 41.0 Å². The molecule has 3 amide bonds. The van der Waals surface area contributed by atoms with Crippen molar-refractivity contribution in [1.82, 2.24) is 10.6 Å². The maximum absolute atomic E-state index is 12.0. The number of hydrogen-bond donors (Lipinski definition) is 3. The smallest absolute Gasteiger partial charge is 0.321 e. The zero-order valence-electron chi connectivity index (χ0n) is 15.1. The number of carbonyl (C=O) groups is 2. The largest absolute Gasteiger partial charge is 0.493 e. The second kappa shape index (κ2) is 9.47. The van der Waals surface area contributed by atoms with Gasteiger partial charge in [0.05, 0.1) is 34.1 Å².